The number of aromatic hydroxyl groups is 1. The molecule has 54 valence electrons. The molecule has 0 amide bonds. The van der Waals surface area contributed by atoms with Crippen molar-refractivity contribution in [3.8, 4) is 5.75 Å². The second-order valence-corrected chi connectivity index (χ2v) is 2.10. The van der Waals surface area contributed by atoms with E-state index in [1.807, 2.05) is 0 Å². The van der Waals surface area contributed by atoms with Gasteiger partial charge in [0.25, 0.3) is 0 Å². The number of aryl methyl sites for hydroxylation is 1. The van der Waals surface area contributed by atoms with Gasteiger partial charge in [-0.25, -0.2) is 5.54 Å². The van der Waals surface area contributed by atoms with Crippen LogP contribution in [0.4, 0.5) is 10.2 Å². The van der Waals surface area contributed by atoms with Crippen LogP contribution in [0.3, 0.4) is 0 Å². The molecule has 2 N–H and O–H groups in total. The average Bonchev–Trinajstić information content (AvgIpc) is 1.95. The van der Waals surface area contributed by atoms with E-state index < -0.39 is 0 Å². The van der Waals surface area contributed by atoms with Crippen molar-refractivity contribution in [1.82, 2.24) is 0 Å². The van der Waals surface area contributed by atoms with Crippen LogP contribution in [-0.4, -0.2) is 5.11 Å². The SMILES string of the molecule is Cc1ccc(NF)cc1O. The summed E-state index contributed by atoms with van der Waals surface area (Å²) in [6.45, 7) is 1.75. The van der Waals surface area contributed by atoms with Gasteiger partial charge in [-0.15, -0.1) is 4.48 Å². The van der Waals surface area contributed by atoms with E-state index in [-0.39, 0.29) is 11.4 Å². The van der Waals surface area contributed by atoms with E-state index >= 15 is 0 Å². The molecule has 0 aliphatic carbocycles. The highest BCUT2D eigenvalue weighted by Crippen LogP contribution is 2.20. The summed E-state index contributed by atoms with van der Waals surface area (Å²) >= 11 is 0. The largest absolute Gasteiger partial charge is 0.508 e. The van der Waals surface area contributed by atoms with E-state index in [1.165, 1.54) is 11.6 Å². The van der Waals surface area contributed by atoms with Gasteiger partial charge in [-0.3, -0.25) is 0 Å². The number of rotatable bonds is 1. The van der Waals surface area contributed by atoms with Crippen LogP contribution in [0.2, 0.25) is 0 Å². The minimum absolute atomic E-state index is 0.0997. The molecule has 3 heteroatoms. The molecule has 0 saturated carbocycles. The number of hydrogen-bond acceptors (Lipinski definition) is 2. The maximum absolute atomic E-state index is 11.7. The fourth-order valence-corrected chi connectivity index (χ4v) is 0.668. The monoisotopic (exact) mass is 141 g/mol. The van der Waals surface area contributed by atoms with Crippen LogP contribution in [0.1, 0.15) is 5.56 Å². The Bertz CT molecular complexity index is 237. The van der Waals surface area contributed by atoms with Crippen LogP contribution in [0, 0.1) is 6.92 Å². The molecular formula is C7H8FNO. The summed E-state index contributed by atoms with van der Waals surface area (Å²) in [4.78, 5) is 0. The fraction of sp³-hybridized carbons (Fsp3) is 0.143. The van der Waals surface area contributed by atoms with E-state index in [1.54, 1.807) is 19.1 Å². The summed E-state index contributed by atoms with van der Waals surface area (Å²) in [5.41, 5.74) is 2.44. The quantitative estimate of drug-likeness (QED) is 0.586. The van der Waals surface area contributed by atoms with E-state index in [0.717, 1.165) is 5.56 Å². The van der Waals surface area contributed by atoms with Gasteiger partial charge in [-0.2, -0.15) is 0 Å². The molecule has 0 aliphatic heterocycles. The normalized spacial score (nSPS) is 9.40. The Morgan fingerprint density at radius 3 is 2.70 bits per heavy atom. The first kappa shape index (κ1) is 6.86. The Hall–Kier alpha value is -1.25. The van der Waals surface area contributed by atoms with Gasteiger partial charge in [0, 0.05) is 6.07 Å². The lowest BCUT2D eigenvalue weighted by Gasteiger charge is -1.99. The molecule has 0 aliphatic rings. The van der Waals surface area contributed by atoms with Crippen LogP contribution in [0.15, 0.2) is 18.2 Å². The first-order valence-electron chi connectivity index (χ1n) is 2.90. The molecule has 1 rings (SSSR count). The molecular weight excluding hydrogens is 133 g/mol. The Morgan fingerprint density at radius 2 is 2.20 bits per heavy atom. The van der Waals surface area contributed by atoms with Crippen molar-refractivity contribution in [1.29, 1.82) is 0 Å². The number of phenols is 1. The first-order valence-corrected chi connectivity index (χ1v) is 2.90. The zero-order chi connectivity index (χ0) is 7.56. The van der Waals surface area contributed by atoms with Gasteiger partial charge in [0.15, 0.2) is 0 Å². The number of halogens is 1. The number of anilines is 1. The molecule has 0 unspecified atom stereocenters. The number of phenolic OH excluding ortho intramolecular Hbond substituents is 1. The molecule has 0 bridgehead atoms. The average molecular weight is 141 g/mol. The van der Waals surface area contributed by atoms with Gasteiger partial charge in [-0.1, -0.05) is 6.07 Å². The Morgan fingerprint density at radius 1 is 1.50 bits per heavy atom. The summed E-state index contributed by atoms with van der Waals surface area (Å²) < 4.78 is 11.7. The molecule has 0 heterocycles. The summed E-state index contributed by atoms with van der Waals surface area (Å²) in [6.07, 6.45) is 0. The number of hydrogen-bond donors (Lipinski definition) is 2. The molecule has 0 spiro atoms. The third-order valence-electron chi connectivity index (χ3n) is 1.32. The maximum Gasteiger partial charge on any atom is 0.120 e. The van der Waals surface area contributed by atoms with Crippen LogP contribution >= 0.6 is 0 Å². The minimum Gasteiger partial charge on any atom is -0.508 e. The van der Waals surface area contributed by atoms with Gasteiger partial charge in [0.2, 0.25) is 0 Å². The molecule has 1 aromatic carbocycles. The Labute approximate surface area is 58.2 Å². The lowest BCUT2D eigenvalue weighted by Crippen LogP contribution is -1.81. The molecule has 10 heavy (non-hydrogen) atoms. The second kappa shape index (κ2) is 2.56. The van der Waals surface area contributed by atoms with Gasteiger partial charge < -0.3 is 5.11 Å². The highest BCUT2D eigenvalue weighted by Gasteiger charge is 1.95. The second-order valence-electron chi connectivity index (χ2n) is 2.10. The van der Waals surface area contributed by atoms with Gasteiger partial charge in [0.05, 0.1) is 5.69 Å². The number of benzene rings is 1. The molecule has 2 nitrogen and oxygen atoms in total. The Kier molecular flexibility index (Phi) is 1.76. The van der Waals surface area contributed by atoms with Gasteiger partial charge in [0.1, 0.15) is 5.75 Å². The fourth-order valence-electron chi connectivity index (χ4n) is 0.668. The summed E-state index contributed by atoms with van der Waals surface area (Å²) in [7, 11) is 0. The Balaban J connectivity index is 3.04. The van der Waals surface area contributed by atoms with E-state index in [4.69, 9.17) is 5.11 Å². The topological polar surface area (TPSA) is 32.3 Å². The molecule has 0 atom stereocenters. The third kappa shape index (κ3) is 1.18. The third-order valence-corrected chi connectivity index (χ3v) is 1.32. The summed E-state index contributed by atoms with van der Waals surface area (Å²) in [5.74, 6) is 0.0997. The zero-order valence-corrected chi connectivity index (χ0v) is 5.56. The lowest BCUT2D eigenvalue weighted by molar-refractivity contribution is 0.470. The van der Waals surface area contributed by atoms with Crippen molar-refractivity contribution in [3.05, 3.63) is 23.8 Å². The smallest absolute Gasteiger partial charge is 0.120 e. The minimum atomic E-state index is 0.0997. The lowest BCUT2D eigenvalue weighted by atomic mass is 10.2. The van der Waals surface area contributed by atoms with Crippen LogP contribution < -0.4 is 5.54 Å². The van der Waals surface area contributed by atoms with Crippen LogP contribution in [0.25, 0.3) is 0 Å². The highest BCUT2D eigenvalue weighted by atomic mass is 19.2. The van der Waals surface area contributed by atoms with Gasteiger partial charge >= 0.3 is 0 Å². The number of nitrogens with one attached hydrogen (secondary N) is 1. The van der Waals surface area contributed by atoms with E-state index in [0.29, 0.717) is 0 Å². The van der Waals surface area contributed by atoms with Crippen molar-refractivity contribution >= 4 is 5.69 Å². The first-order chi connectivity index (χ1) is 4.74. The molecule has 0 aromatic heterocycles. The van der Waals surface area contributed by atoms with Crippen molar-refractivity contribution in [2.75, 3.05) is 5.54 Å². The van der Waals surface area contributed by atoms with Crippen molar-refractivity contribution < 1.29 is 9.59 Å². The van der Waals surface area contributed by atoms with Crippen LogP contribution in [-0.2, 0) is 0 Å². The molecule has 1 aromatic rings. The maximum atomic E-state index is 11.7. The van der Waals surface area contributed by atoms with Crippen molar-refractivity contribution in [2.45, 2.75) is 6.92 Å². The molecule has 0 fully saturated rings. The zero-order valence-electron chi connectivity index (χ0n) is 5.56. The predicted molar refractivity (Wildman–Crippen MR) is 37.6 cm³/mol. The highest BCUT2D eigenvalue weighted by molar-refractivity contribution is 5.49. The van der Waals surface area contributed by atoms with E-state index in [2.05, 4.69) is 0 Å². The van der Waals surface area contributed by atoms with Gasteiger partial charge in [-0.05, 0) is 18.6 Å². The molecule has 0 saturated heterocycles. The van der Waals surface area contributed by atoms with E-state index in [9.17, 15) is 4.48 Å². The van der Waals surface area contributed by atoms with Crippen molar-refractivity contribution in [2.24, 2.45) is 0 Å². The van der Waals surface area contributed by atoms with Crippen molar-refractivity contribution in [3.63, 3.8) is 0 Å². The summed E-state index contributed by atoms with van der Waals surface area (Å²) in [6, 6.07) is 4.52. The van der Waals surface area contributed by atoms with Crippen LogP contribution in [0.5, 0.6) is 5.75 Å². The predicted octanol–water partition coefficient (Wildman–Crippen LogP) is 2.00. The molecule has 0 radical (unpaired) electrons. The standard InChI is InChI=1S/C7H8FNO/c1-5-2-3-6(9-8)4-7(5)10/h2-4,9-10H,1H3. The summed E-state index contributed by atoms with van der Waals surface area (Å²) in [5, 5.41) is 9.02.